The maximum atomic E-state index is 13.9. The van der Waals surface area contributed by atoms with Gasteiger partial charge in [-0.2, -0.15) is 15.8 Å². The van der Waals surface area contributed by atoms with Gasteiger partial charge in [0.15, 0.2) is 11.5 Å². The minimum absolute atomic E-state index is 0.0130. The van der Waals surface area contributed by atoms with Gasteiger partial charge in [-0.15, -0.1) is 0 Å². The summed E-state index contributed by atoms with van der Waals surface area (Å²) in [5.41, 5.74) is 19.0. The summed E-state index contributed by atoms with van der Waals surface area (Å²) >= 11 is 0. The van der Waals surface area contributed by atoms with Gasteiger partial charge in [-0.1, -0.05) is 17.3 Å². The molecule has 0 unspecified atom stereocenters. The number of imidazole rings is 3. The van der Waals surface area contributed by atoms with E-state index in [1.165, 1.54) is 100 Å². The van der Waals surface area contributed by atoms with Gasteiger partial charge < -0.3 is 48.5 Å². The molecule has 28 heteroatoms. The lowest BCUT2D eigenvalue weighted by Gasteiger charge is -2.08. The molecule has 418 valence electrons. The highest BCUT2D eigenvalue weighted by molar-refractivity contribution is 6.05. The van der Waals surface area contributed by atoms with Crippen LogP contribution in [0.25, 0.3) is 16.9 Å². The molecular weight excluding hydrogens is 1080 g/mol. The van der Waals surface area contributed by atoms with Crippen LogP contribution in [0.2, 0.25) is 0 Å². The Morgan fingerprint density at radius 2 is 0.988 bits per heavy atom. The molecule has 10 aromatic rings. The van der Waals surface area contributed by atoms with Gasteiger partial charge in [0.05, 0.1) is 76.2 Å². The fourth-order valence-electron chi connectivity index (χ4n) is 6.44. The molecular formula is C54H45F5N16O7. The molecule has 2 amide bonds. The third-order valence-electron chi connectivity index (χ3n) is 10.2. The number of rotatable bonds is 6. The predicted molar refractivity (Wildman–Crippen MR) is 288 cm³/mol. The van der Waals surface area contributed by atoms with Crippen LogP contribution in [0.1, 0.15) is 60.6 Å². The Morgan fingerprint density at radius 1 is 0.585 bits per heavy atom. The number of carbonyl (C=O) groups is 3. The number of amidine groups is 1. The molecule has 0 aliphatic carbocycles. The lowest BCUT2D eigenvalue weighted by atomic mass is 10.1. The molecule has 10 rings (SSSR count). The van der Waals surface area contributed by atoms with E-state index < -0.39 is 46.9 Å². The van der Waals surface area contributed by atoms with Crippen LogP contribution in [0, 0.1) is 63.1 Å². The molecule has 0 aliphatic rings. The molecule has 0 saturated carbocycles. The third kappa shape index (κ3) is 17.1. The molecule has 0 atom stereocenters. The lowest BCUT2D eigenvalue weighted by molar-refractivity contribution is 0.0688. The van der Waals surface area contributed by atoms with Gasteiger partial charge in [0.1, 0.15) is 57.4 Å². The summed E-state index contributed by atoms with van der Waals surface area (Å²) in [6.45, 7) is 1.93. The number of hydrogen-bond donors (Lipinski definition) is 10. The molecule has 0 saturated heterocycles. The van der Waals surface area contributed by atoms with Gasteiger partial charge in [-0.25, -0.2) is 47.6 Å². The predicted octanol–water partition coefficient (Wildman–Crippen LogP) is 7.48. The van der Waals surface area contributed by atoms with Crippen LogP contribution in [0.3, 0.4) is 0 Å². The van der Waals surface area contributed by atoms with Crippen LogP contribution in [-0.2, 0) is 0 Å². The Morgan fingerprint density at radius 3 is 1.44 bits per heavy atom. The molecule has 0 aliphatic heterocycles. The van der Waals surface area contributed by atoms with Crippen molar-refractivity contribution in [2.24, 2.45) is 16.8 Å². The van der Waals surface area contributed by atoms with Crippen molar-refractivity contribution in [3.63, 3.8) is 0 Å². The quantitative estimate of drug-likeness (QED) is 0.0192. The number of benzene rings is 4. The zero-order valence-corrected chi connectivity index (χ0v) is 42.4. The van der Waals surface area contributed by atoms with Crippen LogP contribution in [0.4, 0.5) is 44.7 Å². The first-order valence-corrected chi connectivity index (χ1v) is 22.9. The zero-order valence-electron chi connectivity index (χ0n) is 42.4. The summed E-state index contributed by atoms with van der Waals surface area (Å²) in [5.74, 6) is -1.65. The van der Waals surface area contributed by atoms with Crippen molar-refractivity contribution in [2.75, 3.05) is 28.7 Å². The molecule has 23 nitrogen and oxygen atoms in total. The highest BCUT2D eigenvalue weighted by atomic mass is 19.1. The van der Waals surface area contributed by atoms with Crippen molar-refractivity contribution < 1.29 is 57.0 Å². The molecule has 82 heavy (non-hydrogen) atoms. The number of fused-ring (bicyclic) bond motifs is 3. The molecule has 0 fully saturated rings. The minimum atomic E-state index is -0.964. The van der Waals surface area contributed by atoms with Gasteiger partial charge in [-0.3, -0.25) is 22.8 Å². The van der Waals surface area contributed by atoms with Crippen molar-refractivity contribution in [3.05, 3.63) is 227 Å². The largest absolute Gasteiger partial charge is 0.477 e. The number of anilines is 4. The monoisotopic (exact) mass is 1120 g/mol. The van der Waals surface area contributed by atoms with Crippen LogP contribution in [0.15, 0.2) is 164 Å². The number of carbonyl (C=O) groups excluding carboxylic acids is 2. The van der Waals surface area contributed by atoms with Crippen molar-refractivity contribution >= 4 is 63.3 Å². The van der Waals surface area contributed by atoms with E-state index in [4.69, 9.17) is 53.6 Å². The lowest BCUT2D eigenvalue weighted by Crippen LogP contribution is -2.17. The van der Waals surface area contributed by atoms with E-state index >= 15 is 0 Å². The number of nitrogen functional groups attached to an aromatic ring is 2. The number of aromatic carboxylic acids is 1. The molecule has 0 spiro atoms. The zero-order chi connectivity index (χ0) is 60.5. The van der Waals surface area contributed by atoms with Gasteiger partial charge in [0, 0.05) is 30.8 Å². The maximum Gasteiger partial charge on any atom is 0.354 e. The van der Waals surface area contributed by atoms with E-state index in [1.54, 1.807) is 54.0 Å². The van der Waals surface area contributed by atoms with E-state index in [-0.39, 0.29) is 63.4 Å². The molecule has 0 bridgehead atoms. The Hall–Kier alpha value is -11.8. The van der Waals surface area contributed by atoms with Gasteiger partial charge in [0.25, 0.3) is 11.8 Å². The average molecular weight is 1130 g/mol. The summed E-state index contributed by atoms with van der Waals surface area (Å²) in [6.07, 6.45) is 8.47. The normalized spacial score (nSPS) is 10.0. The SMILES string of the molecule is CCO.N#Cc1ccc(F)c(N)c1.N#Cc1ccc(F)c(N)c1.N#Cc1ccc(F)c(NC(=O)c2cnc3ccc(F)cn23)c1.NC(=NO)c1ccc(F)c(NC(=O)c2cnc3ccccn23)c1.NO.O=C(O)c1cnc2ccccn12. The van der Waals surface area contributed by atoms with Gasteiger partial charge in [-0.05, 0) is 116 Å². The molecule has 4 aromatic carbocycles. The number of aliphatic hydroxyl groups is 1. The minimum Gasteiger partial charge on any atom is -0.477 e. The Kier molecular flexibility index (Phi) is 23.6. The molecule has 6 heterocycles. The van der Waals surface area contributed by atoms with E-state index in [0.717, 1.165) is 18.3 Å². The second-order valence-corrected chi connectivity index (χ2v) is 15.6. The highest BCUT2D eigenvalue weighted by Crippen LogP contribution is 2.20. The smallest absolute Gasteiger partial charge is 0.354 e. The standard InChI is InChI=1S/C15H8F2N4O.C15H12FN5O2.C8H6N2O2.2C7H5FN2.C2H6O.H3NO/c16-10-2-4-14-19-7-13(21(14)8-10)15(22)20-12-5-9(6-18)1-3-11(12)17;16-10-5-4-9(14(17)20-23)7-11(10)19-15(22)12-8-18-13-3-1-2-6-21(12)13;11-8(12)6-5-9-7-3-1-2-4-10(6)7;2*8-6-2-1-5(4-9)3-7(6)10;1-2-3;1-2/h1-5,7-8H,(H,20,22);1-8,23H,(H2,17,20)(H,19,22);1-5H,(H,11,12);2*1-3H,10H2;3H,2H2,1H3;2H,1H2. The third-order valence-corrected chi connectivity index (χ3v) is 10.2. The first-order chi connectivity index (χ1) is 39.4. The first-order valence-electron chi connectivity index (χ1n) is 22.9. The molecule has 6 aromatic heterocycles. The number of aliphatic hydroxyl groups excluding tert-OH is 1. The van der Waals surface area contributed by atoms with Crippen LogP contribution in [-0.4, -0.2) is 79.0 Å². The Bertz CT molecular complexity index is 3960. The van der Waals surface area contributed by atoms with Crippen molar-refractivity contribution in [2.45, 2.75) is 6.92 Å². The summed E-state index contributed by atoms with van der Waals surface area (Å²) in [5, 5.41) is 64.6. The van der Waals surface area contributed by atoms with Crippen LogP contribution < -0.4 is 33.7 Å². The summed E-state index contributed by atoms with van der Waals surface area (Å²) in [4.78, 5) is 47.2. The van der Waals surface area contributed by atoms with Gasteiger partial charge in [0.2, 0.25) is 0 Å². The number of nitrogens with one attached hydrogen (secondary N) is 2. The Labute approximate surface area is 460 Å². The van der Waals surface area contributed by atoms with Crippen LogP contribution in [0.5, 0.6) is 0 Å². The second-order valence-electron chi connectivity index (χ2n) is 15.6. The number of amides is 2. The fraction of sp³-hybridized carbons (Fsp3) is 0.0370. The van der Waals surface area contributed by atoms with Crippen LogP contribution >= 0.6 is 0 Å². The number of hydrogen-bond acceptors (Lipinski definition) is 16. The molecule has 14 N–H and O–H groups in total. The van der Waals surface area contributed by atoms with E-state index in [0.29, 0.717) is 28.1 Å². The van der Waals surface area contributed by atoms with E-state index in [9.17, 15) is 36.3 Å². The number of halogens is 5. The number of aromatic nitrogens is 6. The maximum absolute atomic E-state index is 13.9. The number of nitriles is 3. The number of carboxylic acids is 1. The first kappa shape index (κ1) is 62.8. The van der Waals surface area contributed by atoms with Crippen molar-refractivity contribution in [3.8, 4) is 18.2 Å². The topological polar surface area (TPSA) is 396 Å². The summed E-state index contributed by atoms with van der Waals surface area (Å²) < 4.78 is 70.0. The summed E-state index contributed by atoms with van der Waals surface area (Å²) in [7, 11) is 0. The number of nitrogens with two attached hydrogens (primary N) is 4. The highest BCUT2D eigenvalue weighted by Gasteiger charge is 2.17. The number of pyridine rings is 3. The number of nitrogens with zero attached hydrogens (tertiary/aromatic N) is 10. The van der Waals surface area contributed by atoms with Gasteiger partial charge >= 0.3 is 5.97 Å². The Balaban J connectivity index is 0.000000225. The van der Waals surface area contributed by atoms with E-state index in [1.807, 2.05) is 24.3 Å². The number of oxime groups is 1. The summed E-state index contributed by atoms with van der Waals surface area (Å²) in [6, 6.07) is 33.9. The van der Waals surface area contributed by atoms with Crippen molar-refractivity contribution in [1.82, 2.24) is 28.2 Å². The fourth-order valence-corrected chi connectivity index (χ4v) is 6.44. The number of carboxylic acid groups (broad SMARTS) is 1. The van der Waals surface area contributed by atoms with E-state index in [2.05, 4.69) is 36.6 Å². The average Bonchev–Trinajstić information content (AvgIpc) is 4.35. The van der Waals surface area contributed by atoms with Crippen molar-refractivity contribution in [1.29, 1.82) is 15.8 Å². The second kappa shape index (κ2) is 30.8. The molecule has 0 radical (unpaired) electrons.